The van der Waals surface area contributed by atoms with Crippen molar-refractivity contribution in [1.29, 1.82) is 0 Å². The lowest BCUT2D eigenvalue weighted by Gasteiger charge is -2.36. The molecule has 1 saturated heterocycles. The van der Waals surface area contributed by atoms with Crippen LogP contribution in [0.25, 0.3) is 0 Å². The zero-order valence-corrected chi connectivity index (χ0v) is 17.1. The molecule has 2 aliphatic rings. The smallest absolute Gasteiger partial charge is 0.225 e. The van der Waals surface area contributed by atoms with Crippen LogP contribution in [0.5, 0.6) is 0 Å². The van der Waals surface area contributed by atoms with Crippen LogP contribution in [0.2, 0.25) is 0 Å². The van der Waals surface area contributed by atoms with Gasteiger partial charge in [0.05, 0.1) is 6.26 Å². The van der Waals surface area contributed by atoms with Crippen molar-refractivity contribution in [2.75, 3.05) is 37.6 Å². The van der Waals surface area contributed by atoms with Gasteiger partial charge < -0.3 is 19.5 Å². The fourth-order valence-corrected chi connectivity index (χ4v) is 2.95. The third-order valence-electron chi connectivity index (χ3n) is 4.52. The first-order chi connectivity index (χ1) is 12.4. The number of anilines is 1. The Morgan fingerprint density at radius 2 is 1.92 bits per heavy atom. The minimum absolute atomic E-state index is 0. The summed E-state index contributed by atoms with van der Waals surface area (Å²) < 4.78 is 5.39. The number of guanidine groups is 1. The van der Waals surface area contributed by atoms with Crippen molar-refractivity contribution in [2.45, 2.75) is 25.3 Å². The summed E-state index contributed by atoms with van der Waals surface area (Å²) in [6.45, 7) is 4.42. The molecule has 0 bridgehead atoms. The molecule has 0 aromatic carbocycles. The minimum atomic E-state index is 0. The second kappa shape index (κ2) is 9.20. The molecule has 140 valence electrons. The fourth-order valence-electron chi connectivity index (χ4n) is 2.95. The Morgan fingerprint density at radius 1 is 1.15 bits per heavy atom. The van der Waals surface area contributed by atoms with Crippen LogP contribution in [0.3, 0.4) is 0 Å². The number of aliphatic imine (C=N–C) groups is 1. The minimum Gasteiger partial charge on any atom is -0.469 e. The summed E-state index contributed by atoms with van der Waals surface area (Å²) in [5.74, 6) is 2.83. The van der Waals surface area contributed by atoms with Crippen LogP contribution in [-0.2, 0) is 6.42 Å². The summed E-state index contributed by atoms with van der Waals surface area (Å²) in [4.78, 5) is 18.1. The normalized spacial score (nSPS) is 17.8. The zero-order chi connectivity index (χ0) is 16.9. The van der Waals surface area contributed by atoms with Crippen molar-refractivity contribution in [3.05, 3.63) is 42.6 Å². The van der Waals surface area contributed by atoms with E-state index in [0.717, 1.165) is 56.8 Å². The summed E-state index contributed by atoms with van der Waals surface area (Å²) in [5, 5.41) is 3.59. The van der Waals surface area contributed by atoms with Gasteiger partial charge >= 0.3 is 0 Å². The van der Waals surface area contributed by atoms with Crippen LogP contribution in [0.4, 0.5) is 5.95 Å². The molecule has 2 aromatic heterocycles. The van der Waals surface area contributed by atoms with Crippen LogP contribution in [-0.4, -0.2) is 59.6 Å². The maximum Gasteiger partial charge on any atom is 0.225 e. The van der Waals surface area contributed by atoms with Gasteiger partial charge in [-0.15, -0.1) is 24.0 Å². The number of rotatable bonds is 5. The van der Waals surface area contributed by atoms with E-state index in [1.54, 1.807) is 18.7 Å². The molecule has 0 unspecified atom stereocenters. The van der Waals surface area contributed by atoms with Gasteiger partial charge in [0, 0.05) is 57.6 Å². The van der Waals surface area contributed by atoms with Gasteiger partial charge in [0.2, 0.25) is 5.95 Å². The molecular formula is C18H25IN6O. The monoisotopic (exact) mass is 468 g/mol. The highest BCUT2D eigenvalue weighted by molar-refractivity contribution is 14.0. The van der Waals surface area contributed by atoms with E-state index in [-0.39, 0.29) is 24.0 Å². The molecule has 1 aliphatic carbocycles. The molecule has 7 nitrogen and oxygen atoms in total. The SMILES string of the molecule is I.c1cnc(N2CCN(C(=NCCc3ccco3)NC3CC3)CC2)nc1. The van der Waals surface area contributed by atoms with Gasteiger partial charge in [0.25, 0.3) is 0 Å². The average Bonchev–Trinajstić information content (AvgIpc) is 3.34. The van der Waals surface area contributed by atoms with Gasteiger partial charge in [-0.2, -0.15) is 0 Å². The van der Waals surface area contributed by atoms with E-state index < -0.39 is 0 Å². The third kappa shape index (κ3) is 5.09. The molecule has 1 saturated carbocycles. The van der Waals surface area contributed by atoms with Crippen LogP contribution < -0.4 is 10.2 Å². The highest BCUT2D eigenvalue weighted by atomic mass is 127. The van der Waals surface area contributed by atoms with E-state index in [2.05, 4.69) is 25.1 Å². The standard InChI is InChI=1S/C18H24N6O.HI/c1-3-16(25-14-1)6-9-21-18(22-15-4-5-15)24-12-10-23(11-13-24)17-19-7-2-8-20-17;/h1-3,7-8,14-15H,4-6,9-13H2,(H,21,22);1H. The highest BCUT2D eigenvalue weighted by Gasteiger charge is 2.27. The van der Waals surface area contributed by atoms with Crippen molar-refractivity contribution in [2.24, 2.45) is 4.99 Å². The summed E-state index contributed by atoms with van der Waals surface area (Å²) in [7, 11) is 0. The van der Waals surface area contributed by atoms with E-state index in [0.29, 0.717) is 6.04 Å². The van der Waals surface area contributed by atoms with Gasteiger partial charge in [-0.25, -0.2) is 9.97 Å². The van der Waals surface area contributed by atoms with Crippen molar-refractivity contribution in [3.63, 3.8) is 0 Å². The number of piperazine rings is 1. The molecule has 8 heteroatoms. The first-order valence-electron chi connectivity index (χ1n) is 8.99. The molecule has 4 rings (SSSR count). The van der Waals surface area contributed by atoms with Crippen LogP contribution >= 0.6 is 24.0 Å². The molecule has 1 aliphatic heterocycles. The summed E-state index contributed by atoms with van der Waals surface area (Å²) in [5.41, 5.74) is 0. The Kier molecular flexibility index (Phi) is 6.70. The Morgan fingerprint density at radius 3 is 2.58 bits per heavy atom. The van der Waals surface area contributed by atoms with E-state index in [1.807, 2.05) is 18.2 Å². The lowest BCUT2D eigenvalue weighted by molar-refractivity contribution is 0.368. The van der Waals surface area contributed by atoms with Gasteiger partial charge in [-0.3, -0.25) is 4.99 Å². The molecule has 0 amide bonds. The first kappa shape index (κ1) is 18.9. The third-order valence-corrected chi connectivity index (χ3v) is 4.52. The van der Waals surface area contributed by atoms with Crippen molar-refractivity contribution in [3.8, 4) is 0 Å². The largest absolute Gasteiger partial charge is 0.469 e. The number of nitrogens with one attached hydrogen (secondary N) is 1. The molecule has 2 fully saturated rings. The second-order valence-corrected chi connectivity index (χ2v) is 6.48. The molecule has 26 heavy (non-hydrogen) atoms. The lowest BCUT2D eigenvalue weighted by Crippen LogP contribution is -2.53. The molecule has 0 radical (unpaired) electrons. The number of furan rings is 1. The molecule has 1 N–H and O–H groups in total. The molecule has 0 atom stereocenters. The Labute approximate surface area is 170 Å². The van der Waals surface area contributed by atoms with Gasteiger partial charge in [0.1, 0.15) is 5.76 Å². The van der Waals surface area contributed by atoms with E-state index in [9.17, 15) is 0 Å². The maximum absolute atomic E-state index is 5.39. The number of aromatic nitrogens is 2. The first-order valence-corrected chi connectivity index (χ1v) is 8.99. The molecule has 2 aromatic rings. The molecular weight excluding hydrogens is 443 g/mol. The predicted molar refractivity (Wildman–Crippen MR) is 112 cm³/mol. The fraction of sp³-hybridized carbons (Fsp3) is 0.500. The summed E-state index contributed by atoms with van der Waals surface area (Å²) in [6.07, 6.45) is 8.63. The van der Waals surface area contributed by atoms with Crippen LogP contribution in [0.15, 0.2) is 46.3 Å². The Hall–Kier alpha value is -1.84. The van der Waals surface area contributed by atoms with Crippen LogP contribution in [0.1, 0.15) is 18.6 Å². The lowest BCUT2D eigenvalue weighted by atomic mass is 10.3. The van der Waals surface area contributed by atoms with E-state index in [1.165, 1.54) is 12.8 Å². The quantitative estimate of drug-likeness (QED) is 0.412. The Balaban J connectivity index is 0.00000196. The number of hydrogen-bond acceptors (Lipinski definition) is 5. The van der Waals surface area contributed by atoms with Gasteiger partial charge in [0.15, 0.2) is 5.96 Å². The number of nitrogens with zero attached hydrogens (tertiary/aromatic N) is 5. The van der Waals surface area contributed by atoms with Crippen LogP contribution in [0, 0.1) is 0 Å². The Bertz CT molecular complexity index is 681. The van der Waals surface area contributed by atoms with E-state index >= 15 is 0 Å². The van der Waals surface area contributed by atoms with Crippen molar-refractivity contribution in [1.82, 2.24) is 20.2 Å². The molecule has 0 spiro atoms. The van der Waals surface area contributed by atoms with Gasteiger partial charge in [-0.05, 0) is 31.0 Å². The van der Waals surface area contributed by atoms with Crippen molar-refractivity contribution < 1.29 is 4.42 Å². The van der Waals surface area contributed by atoms with Gasteiger partial charge in [-0.1, -0.05) is 0 Å². The molecule has 3 heterocycles. The highest BCUT2D eigenvalue weighted by Crippen LogP contribution is 2.19. The van der Waals surface area contributed by atoms with Crippen molar-refractivity contribution >= 4 is 35.9 Å². The van der Waals surface area contributed by atoms with E-state index in [4.69, 9.17) is 9.41 Å². The summed E-state index contributed by atoms with van der Waals surface area (Å²) in [6, 6.07) is 6.37. The zero-order valence-electron chi connectivity index (χ0n) is 14.8. The number of halogens is 1. The maximum atomic E-state index is 5.39. The second-order valence-electron chi connectivity index (χ2n) is 6.48. The number of hydrogen-bond donors (Lipinski definition) is 1. The summed E-state index contributed by atoms with van der Waals surface area (Å²) >= 11 is 0. The topological polar surface area (TPSA) is 69.8 Å². The average molecular weight is 468 g/mol. The predicted octanol–water partition coefficient (Wildman–Crippen LogP) is 2.16.